The van der Waals surface area contributed by atoms with Gasteiger partial charge in [-0.1, -0.05) is 6.92 Å². The molecule has 0 fully saturated rings. The van der Waals surface area contributed by atoms with E-state index < -0.39 is 0 Å². The van der Waals surface area contributed by atoms with Crippen molar-refractivity contribution in [2.45, 2.75) is 26.4 Å². The van der Waals surface area contributed by atoms with Crippen LogP contribution in [0.2, 0.25) is 0 Å². The lowest BCUT2D eigenvalue weighted by molar-refractivity contribution is -0.150. The topological polar surface area (TPSA) is 61.5 Å². The largest absolute Gasteiger partial charge is 0.482 e. The van der Waals surface area contributed by atoms with Crippen molar-refractivity contribution in [3.63, 3.8) is 0 Å². The van der Waals surface area contributed by atoms with Crippen molar-refractivity contribution in [1.29, 1.82) is 0 Å². The van der Waals surface area contributed by atoms with E-state index in [1.54, 1.807) is 24.3 Å². The van der Waals surface area contributed by atoms with Crippen LogP contribution >= 0.6 is 0 Å². The molecule has 2 N–H and O–H groups in total. The molecule has 1 aromatic carbocycles. The van der Waals surface area contributed by atoms with Crippen molar-refractivity contribution >= 4 is 11.7 Å². The molecule has 0 aliphatic heterocycles. The molecule has 1 rings (SSSR count). The van der Waals surface area contributed by atoms with Gasteiger partial charge >= 0.3 is 5.97 Å². The zero-order valence-electron chi connectivity index (χ0n) is 9.60. The molecule has 0 aromatic heterocycles. The van der Waals surface area contributed by atoms with Gasteiger partial charge < -0.3 is 15.2 Å². The first-order chi connectivity index (χ1) is 7.61. The van der Waals surface area contributed by atoms with Crippen LogP contribution in [0.3, 0.4) is 0 Å². The van der Waals surface area contributed by atoms with Gasteiger partial charge in [0.25, 0.3) is 0 Å². The smallest absolute Gasteiger partial charge is 0.344 e. The molecule has 0 saturated heterocycles. The molecule has 0 saturated carbocycles. The second kappa shape index (κ2) is 6.00. The molecule has 0 bridgehead atoms. The molecular weight excluding hydrogens is 206 g/mol. The van der Waals surface area contributed by atoms with E-state index in [0.717, 1.165) is 6.42 Å². The molecule has 1 aromatic rings. The molecular formula is C12H17NO3. The van der Waals surface area contributed by atoms with Crippen LogP contribution in [0.15, 0.2) is 24.3 Å². The van der Waals surface area contributed by atoms with Crippen molar-refractivity contribution in [2.24, 2.45) is 0 Å². The number of carbonyl (C=O) groups excluding carboxylic acids is 1. The number of esters is 1. The lowest BCUT2D eigenvalue weighted by atomic mass is 10.3. The zero-order valence-corrected chi connectivity index (χ0v) is 9.60. The fourth-order valence-corrected chi connectivity index (χ4v) is 1.05. The minimum atomic E-state index is -0.355. The van der Waals surface area contributed by atoms with E-state index in [-0.39, 0.29) is 18.7 Å². The maximum absolute atomic E-state index is 11.3. The Balaban J connectivity index is 2.34. The lowest BCUT2D eigenvalue weighted by Gasteiger charge is -2.11. The molecule has 0 aliphatic rings. The van der Waals surface area contributed by atoms with Gasteiger partial charge in [-0.25, -0.2) is 4.79 Å². The first-order valence-corrected chi connectivity index (χ1v) is 5.29. The number of carbonyl (C=O) groups is 1. The van der Waals surface area contributed by atoms with Gasteiger partial charge in [0.1, 0.15) is 5.75 Å². The normalized spacial score (nSPS) is 11.9. The van der Waals surface area contributed by atoms with E-state index in [9.17, 15) is 4.79 Å². The summed E-state index contributed by atoms with van der Waals surface area (Å²) in [5, 5.41) is 0. The van der Waals surface area contributed by atoms with Crippen molar-refractivity contribution in [3.05, 3.63) is 24.3 Å². The van der Waals surface area contributed by atoms with Crippen LogP contribution in [0, 0.1) is 0 Å². The van der Waals surface area contributed by atoms with E-state index in [0.29, 0.717) is 11.4 Å². The lowest BCUT2D eigenvalue weighted by Crippen LogP contribution is -2.20. The minimum Gasteiger partial charge on any atom is -0.482 e. The van der Waals surface area contributed by atoms with Gasteiger partial charge in [0, 0.05) is 5.69 Å². The second-order valence-electron chi connectivity index (χ2n) is 3.57. The predicted octanol–water partition coefficient (Wildman–Crippen LogP) is 1.99. The Morgan fingerprint density at radius 2 is 2.00 bits per heavy atom. The monoisotopic (exact) mass is 223 g/mol. The van der Waals surface area contributed by atoms with E-state index in [1.807, 2.05) is 13.8 Å². The molecule has 16 heavy (non-hydrogen) atoms. The van der Waals surface area contributed by atoms with Crippen LogP contribution in [0.25, 0.3) is 0 Å². The van der Waals surface area contributed by atoms with Crippen molar-refractivity contribution in [2.75, 3.05) is 12.3 Å². The third-order valence-electron chi connectivity index (χ3n) is 2.14. The standard InChI is InChI=1S/C12H17NO3/c1-3-9(2)16-12(14)8-15-11-6-4-10(13)5-7-11/h4-7,9H,3,8,13H2,1-2H3/t9-/m0/s1. The first kappa shape index (κ1) is 12.4. The fourth-order valence-electron chi connectivity index (χ4n) is 1.05. The third kappa shape index (κ3) is 4.21. The van der Waals surface area contributed by atoms with E-state index >= 15 is 0 Å². The molecule has 4 heteroatoms. The predicted molar refractivity (Wildman–Crippen MR) is 62.2 cm³/mol. The third-order valence-corrected chi connectivity index (χ3v) is 2.14. The van der Waals surface area contributed by atoms with Crippen LogP contribution in [-0.2, 0) is 9.53 Å². The number of hydrogen-bond acceptors (Lipinski definition) is 4. The van der Waals surface area contributed by atoms with Gasteiger partial charge in [-0.3, -0.25) is 0 Å². The Morgan fingerprint density at radius 3 is 2.56 bits per heavy atom. The highest BCUT2D eigenvalue weighted by molar-refractivity contribution is 5.71. The van der Waals surface area contributed by atoms with Crippen LogP contribution in [0.4, 0.5) is 5.69 Å². The van der Waals surface area contributed by atoms with E-state index in [2.05, 4.69) is 0 Å². The maximum atomic E-state index is 11.3. The first-order valence-electron chi connectivity index (χ1n) is 5.29. The van der Waals surface area contributed by atoms with Crippen LogP contribution in [-0.4, -0.2) is 18.7 Å². The second-order valence-corrected chi connectivity index (χ2v) is 3.57. The van der Waals surface area contributed by atoms with E-state index in [4.69, 9.17) is 15.2 Å². The Bertz CT molecular complexity index is 335. The summed E-state index contributed by atoms with van der Waals surface area (Å²) in [5.74, 6) is 0.251. The summed E-state index contributed by atoms with van der Waals surface area (Å²) in [6.45, 7) is 3.73. The fraction of sp³-hybridized carbons (Fsp3) is 0.417. The number of benzene rings is 1. The van der Waals surface area contributed by atoms with Crippen molar-refractivity contribution in [1.82, 2.24) is 0 Å². The number of hydrogen-bond donors (Lipinski definition) is 1. The molecule has 0 spiro atoms. The molecule has 0 radical (unpaired) electrons. The Labute approximate surface area is 95.3 Å². The Kier molecular flexibility index (Phi) is 4.64. The van der Waals surface area contributed by atoms with Gasteiger partial charge in [0.05, 0.1) is 6.10 Å². The van der Waals surface area contributed by atoms with Crippen LogP contribution in [0.1, 0.15) is 20.3 Å². The summed E-state index contributed by atoms with van der Waals surface area (Å²) in [4.78, 5) is 11.3. The van der Waals surface area contributed by atoms with Gasteiger partial charge in [0.2, 0.25) is 0 Å². The quantitative estimate of drug-likeness (QED) is 0.612. The number of nitrogens with two attached hydrogens (primary N) is 1. The van der Waals surface area contributed by atoms with Gasteiger partial charge in [0.15, 0.2) is 6.61 Å². The average molecular weight is 223 g/mol. The number of nitrogen functional groups attached to an aromatic ring is 1. The summed E-state index contributed by atoms with van der Waals surface area (Å²) >= 11 is 0. The maximum Gasteiger partial charge on any atom is 0.344 e. The van der Waals surface area contributed by atoms with Gasteiger partial charge in [-0.15, -0.1) is 0 Å². The average Bonchev–Trinajstić information content (AvgIpc) is 2.28. The molecule has 0 amide bonds. The summed E-state index contributed by atoms with van der Waals surface area (Å²) in [5.41, 5.74) is 6.18. The highest BCUT2D eigenvalue weighted by Gasteiger charge is 2.08. The minimum absolute atomic E-state index is 0.0671. The molecule has 1 atom stereocenters. The Morgan fingerprint density at radius 1 is 1.38 bits per heavy atom. The zero-order chi connectivity index (χ0) is 12.0. The van der Waals surface area contributed by atoms with Gasteiger partial charge in [-0.2, -0.15) is 0 Å². The number of rotatable bonds is 5. The molecule has 0 unspecified atom stereocenters. The summed E-state index contributed by atoms with van der Waals surface area (Å²) in [7, 11) is 0. The summed E-state index contributed by atoms with van der Waals surface area (Å²) in [6, 6.07) is 6.86. The van der Waals surface area contributed by atoms with Crippen molar-refractivity contribution in [3.8, 4) is 5.75 Å². The summed E-state index contributed by atoms with van der Waals surface area (Å²) < 4.78 is 10.3. The SMILES string of the molecule is CC[C@H](C)OC(=O)COc1ccc(N)cc1. The summed E-state index contributed by atoms with van der Waals surface area (Å²) in [6.07, 6.45) is 0.732. The van der Waals surface area contributed by atoms with Crippen LogP contribution in [0.5, 0.6) is 5.75 Å². The van der Waals surface area contributed by atoms with Gasteiger partial charge in [-0.05, 0) is 37.6 Å². The molecule has 4 nitrogen and oxygen atoms in total. The Hall–Kier alpha value is -1.71. The van der Waals surface area contributed by atoms with Crippen LogP contribution < -0.4 is 10.5 Å². The van der Waals surface area contributed by atoms with Crippen molar-refractivity contribution < 1.29 is 14.3 Å². The number of anilines is 1. The highest BCUT2D eigenvalue weighted by atomic mass is 16.6. The molecule has 0 aliphatic carbocycles. The molecule has 88 valence electrons. The number of ether oxygens (including phenoxy) is 2. The van der Waals surface area contributed by atoms with E-state index in [1.165, 1.54) is 0 Å². The highest BCUT2D eigenvalue weighted by Crippen LogP contribution is 2.13. The molecule has 0 heterocycles.